The SMILES string of the molecule is CCC(CC)C(=O)NCC1(c2cccs2)CCCC1. The topological polar surface area (TPSA) is 29.1 Å². The summed E-state index contributed by atoms with van der Waals surface area (Å²) in [7, 11) is 0. The zero-order valence-corrected chi connectivity index (χ0v) is 12.9. The summed E-state index contributed by atoms with van der Waals surface area (Å²) in [5.41, 5.74) is 0.218. The molecule has 0 spiro atoms. The maximum atomic E-state index is 12.2. The van der Waals surface area contributed by atoms with Crippen molar-refractivity contribution < 1.29 is 4.79 Å². The van der Waals surface area contributed by atoms with Gasteiger partial charge in [-0.2, -0.15) is 0 Å². The summed E-state index contributed by atoms with van der Waals surface area (Å²) < 4.78 is 0. The molecule has 0 aliphatic heterocycles. The fourth-order valence-corrected chi connectivity index (χ4v) is 4.19. The molecule has 0 atom stereocenters. The van der Waals surface area contributed by atoms with Crippen LogP contribution in [0.3, 0.4) is 0 Å². The molecule has 3 heteroatoms. The minimum Gasteiger partial charge on any atom is -0.355 e. The monoisotopic (exact) mass is 279 g/mol. The highest BCUT2D eigenvalue weighted by atomic mass is 32.1. The molecule has 19 heavy (non-hydrogen) atoms. The zero-order chi connectivity index (χ0) is 13.7. The molecule has 1 aliphatic rings. The number of rotatable bonds is 6. The Morgan fingerprint density at radius 1 is 1.37 bits per heavy atom. The van der Waals surface area contributed by atoms with Gasteiger partial charge in [-0.3, -0.25) is 4.79 Å². The molecule has 1 heterocycles. The largest absolute Gasteiger partial charge is 0.355 e. The third kappa shape index (κ3) is 3.19. The first-order valence-electron chi connectivity index (χ1n) is 7.53. The van der Waals surface area contributed by atoms with Crippen LogP contribution in [-0.4, -0.2) is 12.5 Å². The van der Waals surface area contributed by atoms with Crippen LogP contribution in [0.2, 0.25) is 0 Å². The predicted octanol–water partition coefficient (Wildman–Crippen LogP) is 4.11. The van der Waals surface area contributed by atoms with E-state index >= 15 is 0 Å². The second-order valence-corrected chi connectivity index (χ2v) is 6.64. The molecule has 0 radical (unpaired) electrons. The third-order valence-electron chi connectivity index (χ3n) is 4.56. The Balaban J connectivity index is 2.01. The Morgan fingerprint density at radius 2 is 2.05 bits per heavy atom. The molecule has 1 N–H and O–H groups in total. The first kappa shape index (κ1) is 14.6. The molecule has 1 amide bonds. The van der Waals surface area contributed by atoms with E-state index in [0.29, 0.717) is 0 Å². The van der Waals surface area contributed by atoms with Gasteiger partial charge in [-0.15, -0.1) is 11.3 Å². The Hall–Kier alpha value is -0.830. The molecule has 1 aliphatic carbocycles. The van der Waals surface area contributed by atoms with E-state index in [9.17, 15) is 4.79 Å². The zero-order valence-electron chi connectivity index (χ0n) is 12.1. The van der Waals surface area contributed by atoms with Gasteiger partial charge in [0, 0.05) is 22.8 Å². The number of thiophene rings is 1. The minimum absolute atomic E-state index is 0.182. The van der Waals surface area contributed by atoms with Crippen LogP contribution in [0, 0.1) is 5.92 Å². The van der Waals surface area contributed by atoms with Crippen molar-refractivity contribution in [1.29, 1.82) is 0 Å². The number of carbonyl (C=O) groups excluding carboxylic acids is 1. The number of amides is 1. The Kier molecular flexibility index (Phi) is 5.03. The smallest absolute Gasteiger partial charge is 0.223 e. The molecule has 2 nitrogen and oxygen atoms in total. The van der Waals surface area contributed by atoms with Crippen molar-refractivity contribution in [3.63, 3.8) is 0 Å². The molecule has 0 aromatic carbocycles. The third-order valence-corrected chi connectivity index (χ3v) is 5.68. The minimum atomic E-state index is 0.182. The Labute approximate surface area is 120 Å². The van der Waals surface area contributed by atoms with Crippen molar-refractivity contribution in [1.82, 2.24) is 5.32 Å². The van der Waals surface area contributed by atoms with E-state index < -0.39 is 0 Å². The van der Waals surface area contributed by atoms with Crippen molar-refractivity contribution >= 4 is 17.2 Å². The lowest BCUT2D eigenvalue weighted by atomic mass is 9.84. The van der Waals surface area contributed by atoms with Gasteiger partial charge in [0.15, 0.2) is 0 Å². The van der Waals surface area contributed by atoms with Crippen molar-refractivity contribution in [2.24, 2.45) is 5.92 Å². The van der Waals surface area contributed by atoms with E-state index in [4.69, 9.17) is 0 Å². The van der Waals surface area contributed by atoms with E-state index in [2.05, 4.69) is 36.7 Å². The summed E-state index contributed by atoms with van der Waals surface area (Å²) >= 11 is 1.84. The molecule has 0 saturated heterocycles. The van der Waals surface area contributed by atoms with Crippen LogP contribution in [0.1, 0.15) is 57.2 Å². The quantitative estimate of drug-likeness (QED) is 0.834. The summed E-state index contributed by atoms with van der Waals surface area (Å²) in [6.07, 6.45) is 6.90. The van der Waals surface area contributed by atoms with Crippen molar-refractivity contribution in [2.45, 2.75) is 57.8 Å². The fraction of sp³-hybridized carbons (Fsp3) is 0.688. The lowest BCUT2D eigenvalue weighted by Crippen LogP contribution is -2.40. The van der Waals surface area contributed by atoms with Gasteiger partial charge in [-0.25, -0.2) is 0 Å². The van der Waals surface area contributed by atoms with Crippen LogP contribution in [0.5, 0.6) is 0 Å². The second-order valence-electron chi connectivity index (χ2n) is 5.70. The molecular formula is C16H25NOS. The summed E-state index contributed by atoms with van der Waals surface area (Å²) in [5.74, 6) is 0.426. The number of hydrogen-bond donors (Lipinski definition) is 1. The van der Waals surface area contributed by atoms with E-state index in [-0.39, 0.29) is 17.2 Å². The Morgan fingerprint density at radius 3 is 2.58 bits per heavy atom. The lowest BCUT2D eigenvalue weighted by molar-refractivity contribution is -0.125. The number of hydrogen-bond acceptors (Lipinski definition) is 2. The maximum Gasteiger partial charge on any atom is 0.223 e. The van der Waals surface area contributed by atoms with Crippen LogP contribution >= 0.6 is 11.3 Å². The first-order chi connectivity index (χ1) is 9.22. The van der Waals surface area contributed by atoms with Gasteiger partial charge >= 0.3 is 0 Å². The number of nitrogens with one attached hydrogen (secondary N) is 1. The van der Waals surface area contributed by atoms with E-state index in [1.165, 1.54) is 30.6 Å². The molecule has 106 valence electrons. The van der Waals surface area contributed by atoms with Gasteiger partial charge in [0.25, 0.3) is 0 Å². The summed E-state index contributed by atoms with van der Waals surface area (Å²) in [6, 6.07) is 4.36. The average molecular weight is 279 g/mol. The standard InChI is InChI=1S/C16H25NOS/c1-3-13(4-2)15(18)17-12-16(9-5-6-10-16)14-8-7-11-19-14/h7-8,11,13H,3-6,9-10,12H2,1-2H3,(H,17,18). The molecule has 1 fully saturated rings. The summed E-state index contributed by atoms with van der Waals surface area (Å²) in [5, 5.41) is 5.37. The average Bonchev–Trinajstić information content (AvgIpc) is 3.09. The van der Waals surface area contributed by atoms with Gasteiger partial charge in [-0.05, 0) is 37.1 Å². The summed E-state index contributed by atoms with van der Waals surface area (Å²) in [4.78, 5) is 13.6. The van der Waals surface area contributed by atoms with Gasteiger partial charge in [-0.1, -0.05) is 32.8 Å². The molecule has 1 aromatic rings. The molecule has 1 saturated carbocycles. The van der Waals surface area contributed by atoms with Gasteiger partial charge in [0.2, 0.25) is 5.91 Å². The van der Waals surface area contributed by atoms with Gasteiger partial charge in [0.1, 0.15) is 0 Å². The van der Waals surface area contributed by atoms with E-state index in [0.717, 1.165) is 19.4 Å². The highest BCUT2D eigenvalue weighted by molar-refractivity contribution is 7.10. The first-order valence-corrected chi connectivity index (χ1v) is 8.41. The van der Waals surface area contributed by atoms with Crippen LogP contribution in [0.25, 0.3) is 0 Å². The maximum absolute atomic E-state index is 12.2. The van der Waals surface area contributed by atoms with Crippen LogP contribution in [-0.2, 0) is 10.2 Å². The lowest BCUT2D eigenvalue weighted by Gasteiger charge is -2.29. The van der Waals surface area contributed by atoms with E-state index in [1.54, 1.807) is 0 Å². The highest BCUT2D eigenvalue weighted by Crippen LogP contribution is 2.42. The van der Waals surface area contributed by atoms with Crippen molar-refractivity contribution in [2.75, 3.05) is 6.54 Å². The predicted molar refractivity (Wildman–Crippen MR) is 81.5 cm³/mol. The van der Waals surface area contributed by atoms with Gasteiger partial charge in [0.05, 0.1) is 0 Å². The number of carbonyl (C=O) groups is 1. The van der Waals surface area contributed by atoms with Crippen LogP contribution in [0.4, 0.5) is 0 Å². The molecule has 1 aromatic heterocycles. The Bertz CT molecular complexity index is 389. The normalized spacial score (nSPS) is 17.8. The van der Waals surface area contributed by atoms with Crippen LogP contribution < -0.4 is 5.32 Å². The molecule has 0 bridgehead atoms. The molecular weight excluding hydrogens is 254 g/mol. The fourth-order valence-electron chi connectivity index (χ4n) is 3.20. The van der Waals surface area contributed by atoms with Crippen LogP contribution in [0.15, 0.2) is 17.5 Å². The van der Waals surface area contributed by atoms with Crippen molar-refractivity contribution in [3.8, 4) is 0 Å². The molecule has 0 unspecified atom stereocenters. The van der Waals surface area contributed by atoms with E-state index in [1.807, 2.05) is 11.3 Å². The second kappa shape index (κ2) is 6.56. The summed E-state index contributed by atoms with van der Waals surface area (Å²) in [6.45, 7) is 5.01. The van der Waals surface area contributed by atoms with Crippen molar-refractivity contribution in [3.05, 3.63) is 22.4 Å². The highest BCUT2D eigenvalue weighted by Gasteiger charge is 2.37. The van der Waals surface area contributed by atoms with Gasteiger partial charge < -0.3 is 5.32 Å². The molecule has 2 rings (SSSR count).